The van der Waals surface area contributed by atoms with Gasteiger partial charge in [0.1, 0.15) is 22.7 Å². The summed E-state index contributed by atoms with van der Waals surface area (Å²) in [6, 6.07) is 8.91. The number of rotatable bonds is 7. The van der Waals surface area contributed by atoms with Crippen molar-refractivity contribution in [2.24, 2.45) is 5.10 Å². The van der Waals surface area contributed by atoms with Crippen molar-refractivity contribution in [3.63, 3.8) is 0 Å². The molecule has 4 N–H and O–H groups in total. The Kier molecular flexibility index (Phi) is 5.95. The molecule has 2 aromatic carbocycles. The summed E-state index contributed by atoms with van der Waals surface area (Å²) in [7, 11) is 1.44. The number of hydrazone groups is 1. The van der Waals surface area contributed by atoms with Crippen LogP contribution in [0.5, 0.6) is 11.6 Å². The van der Waals surface area contributed by atoms with Crippen LogP contribution in [0.3, 0.4) is 0 Å². The Morgan fingerprint density at radius 2 is 1.75 bits per heavy atom. The number of aromatic amines is 2. The number of nitrogens with one attached hydrogen (secondary N) is 3. The molecule has 0 saturated heterocycles. The second-order valence-corrected chi connectivity index (χ2v) is 6.15. The lowest BCUT2D eigenvalue weighted by Crippen LogP contribution is -2.28. The molecule has 0 aliphatic heterocycles. The third kappa shape index (κ3) is 4.43. The smallest absolute Gasteiger partial charge is 0.328 e. The number of methoxy groups -OCH3 is 1. The highest BCUT2D eigenvalue weighted by atomic mass is 16.6. The summed E-state index contributed by atoms with van der Waals surface area (Å²) in [5.74, 6) is -0.306. The van der Waals surface area contributed by atoms with Gasteiger partial charge in [0.25, 0.3) is 11.2 Å². The zero-order valence-corrected chi connectivity index (χ0v) is 16.2. The first-order chi connectivity index (χ1) is 15.2. The third-order valence-corrected chi connectivity index (χ3v) is 4.20. The fraction of sp³-hybridized carbons (Fsp3) is 0.0556. The Morgan fingerprint density at radius 3 is 2.31 bits per heavy atom. The summed E-state index contributed by atoms with van der Waals surface area (Å²) in [4.78, 5) is 48.4. The number of nitrogens with zero attached hydrogens (tertiary/aromatic N) is 3. The SMILES string of the molecule is COc1ccc(/C(=N\Nc2ccc([N+](=O)[O-])cc2[N+](=O)[O-])c2c(O)[nH]c(=O)[nH]c2=O)cc1. The van der Waals surface area contributed by atoms with Crippen LogP contribution in [0.2, 0.25) is 0 Å². The molecular weight excluding hydrogens is 428 g/mol. The van der Waals surface area contributed by atoms with Gasteiger partial charge in [0, 0.05) is 11.6 Å². The van der Waals surface area contributed by atoms with Gasteiger partial charge in [-0.25, -0.2) is 4.79 Å². The van der Waals surface area contributed by atoms with Crippen LogP contribution in [-0.2, 0) is 0 Å². The molecule has 0 fully saturated rings. The molecule has 0 amide bonds. The first kappa shape index (κ1) is 21.7. The molecule has 164 valence electrons. The molecule has 1 heterocycles. The van der Waals surface area contributed by atoms with Gasteiger partial charge in [-0.3, -0.25) is 40.4 Å². The van der Waals surface area contributed by atoms with Crippen molar-refractivity contribution in [3.8, 4) is 11.6 Å². The molecule has 32 heavy (non-hydrogen) atoms. The molecule has 14 heteroatoms. The number of nitro groups is 2. The van der Waals surface area contributed by atoms with Gasteiger partial charge < -0.3 is 9.84 Å². The zero-order valence-electron chi connectivity index (χ0n) is 16.2. The molecule has 0 aliphatic rings. The molecule has 0 atom stereocenters. The van der Waals surface area contributed by atoms with Crippen molar-refractivity contribution in [2.45, 2.75) is 0 Å². The quantitative estimate of drug-likeness (QED) is 0.237. The van der Waals surface area contributed by atoms with E-state index in [1.165, 1.54) is 31.4 Å². The summed E-state index contributed by atoms with van der Waals surface area (Å²) >= 11 is 0. The van der Waals surface area contributed by atoms with Gasteiger partial charge in [0.2, 0.25) is 5.88 Å². The highest BCUT2D eigenvalue weighted by Crippen LogP contribution is 2.29. The normalized spacial score (nSPS) is 11.1. The molecular formula is C18H14N6O8. The molecule has 3 rings (SSSR count). The van der Waals surface area contributed by atoms with E-state index < -0.39 is 43.9 Å². The molecule has 1 aromatic heterocycles. The van der Waals surface area contributed by atoms with E-state index in [0.29, 0.717) is 5.75 Å². The van der Waals surface area contributed by atoms with Gasteiger partial charge in [-0.05, 0) is 30.3 Å². The molecule has 0 radical (unpaired) electrons. The molecule has 3 aromatic rings. The minimum Gasteiger partial charge on any atom is -0.497 e. The van der Waals surface area contributed by atoms with Crippen LogP contribution in [-0.4, -0.2) is 37.7 Å². The van der Waals surface area contributed by atoms with Crippen LogP contribution < -0.4 is 21.4 Å². The first-order valence-corrected chi connectivity index (χ1v) is 8.68. The molecule has 0 unspecified atom stereocenters. The third-order valence-electron chi connectivity index (χ3n) is 4.20. The lowest BCUT2D eigenvalue weighted by atomic mass is 10.0. The largest absolute Gasteiger partial charge is 0.497 e. The fourth-order valence-corrected chi connectivity index (χ4v) is 2.70. The number of non-ortho nitro benzene ring substituents is 1. The summed E-state index contributed by atoms with van der Waals surface area (Å²) in [5, 5.41) is 36.4. The van der Waals surface area contributed by atoms with E-state index in [4.69, 9.17) is 4.74 Å². The number of hydrogen-bond donors (Lipinski definition) is 4. The number of anilines is 1. The van der Waals surface area contributed by atoms with Crippen LogP contribution in [0.15, 0.2) is 57.2 Å². The van der Waals surface area contributed by atoms with Gasteiger partial charge in [0.15, 0.2) is 0 Å². The number of aromatic nitrogens is 2. The number of H-pyrrole nitrogens is 2. The van der Waals surface area contributed by atoms with Crippen molar-refractivity contribution in [1.82, 2.24) is 9.97 Å². The molecule has 0 saturated carbocycles. The van der Waals surface area contributed by atoms with E-state index in [1.54, 1.807) is 0 Å². The van der Waals surface area contributed by atoms with Crippen LogP contribution in [0.4, 0.5) is 17.1 Å². The van der Waals surface area contributed by atoms with E-state index in [9.17, 15) is 34.9 Å². The predicted molar refractivity (Wildman–Crippen MR) is 111 cm³/mol. The van der Waals surface area contributed by atoms with Crippen molar-refractivity contribution in [3.05, 3.63) is 94.7 Å². The van der Waals surface area contributed by atoms with E-state index in [1.807, 2.05) is 9.97 Å². The lowest BCUT2D eigenvalue weighted by molar-refractivity contribution is -0.393. The standard InChI is InChI=1S/C18H14N6O8/c1-32-11-5-2-9(3-6-11)15(14-16(25)19-18(27)20-17(14)26)22-21-12-7-4-10(23(28)29)8-13(12)24(30)31/h2-8,21H,1H3,(H3,19,20,25,26,27)/b22-15+. The Hall–Kier alpha value is -5.01. The minimum absolute atomic E-state index is 0.185. The second kappa shape index (κ2) is 8.78. The average Bonchev–Trinajstić information content (AvgIpc) is 2.75. The molecule has 0 bridgehead atoms. The topological polar surface area (TPSA) is 206 Å². The fourth-order valence-electron chi connectivity index (χ4n) is 2.70. The molecule has 0 spiro atoms. The van der Waals surface area contributed by atoms with Crippen LogP contribution in [0, 0.1) is 20.2 Å². The van der Waals surface area contributed by atoms with Gasteiger partial charge >= 0.3 is 11.4 Å². The van der Waals surface area contributed by atoms with Crippen LogP contribution >= 0.6 is 0 Å². The molecule has 0 aliphatic carbocycles. The number of aromatic hydroxyl groups is 1. The summed E-state index contributed by atoms with van der Waals surface area (Å²) in [6.45, 7) is 0. The van der Waals surface area contributed by atoms with Gasteiger partial charge in [0.05, 0.1) is 23.0 Å². The van der Waals surface area contributed by atoms with Gasteiger partial charge in [-0.2, -0.15) is 5.10 Å². The predicted octanol–water partition coefficient (Wildman–Crippen LogP) is 1.46. The monoisotopic (exact) mass is 442 g/mol. The summed E-state index contributed by atoms with van der Waals surface area (Å²) in [6.07, 6.45) is 0. The number of benzene rings is 2. The van der Waals surface area contributed by atoms with Crippen molar-refractivity contribution >= 4 is 22.8 Å². The summed E-state index contributed by atoms with van der Waals surface area (Å²) in [5.41, 5.74) is -1.23. The van der Waals surface area contributed by atoms with Crippen LogP contribution in [0.25, 0.3) is 0 Å². The van der Waals surface area contributed by atoms with E-state index in [0.717, 1.165) is 18.2 Å². The summed E-state index contributed by atoms with van der Waals surface area (Å²) < 4.78 is 5.07. The number of nitro benzene ring substituents is 2. The maximum absolute atomic E-state index is 12.4. The van der Waals surface area contributed by atoms with Gasteiger partial charge in [-0.15, -0.1) is 0 Å². The highest BCUT2D eigenvalue weighted by molar-refractivity contribution is 6.14. The lowest BCUT2D eigenvalue weighted by Gasteiger charge is -2.10. The maximum atomic E-state index is 12.4. The molecule has 14 nitrogen and oxygen atoms in total. The zero-order chi connectivity index (χ0) is 23.4. The number of ether oxygens (including phenoxy) is 1. The average molecular weight is 442 g/mol. The second-order valence-electron chi connectivity index (χ2n) is 6.15. The van der Waals surface area contributed by atoms with E-state index in [-0.39, 0.29) is 17.0 Å². The Labute approximate surface area is 177 Å². The Balaban J connectivity index is 2.16. The van der Waals surface area contributed by atoms with Gasteiger partial charge in [-0.1, -0.05) is 0 Å². The highest BCUT2D eigenvalue weighted by Gasteiger charge is 2.21. The van der Waals surface area contributed by atoms with Crippen molar-refractivity contribution in [2.75, 3.05) is 12.5 Å². The van der Waals surface area contributed by atoms with E-state index >= 15 is 0 Å². The minimum atomic E-state index is -0.971. The van der Waals surface area contributed by atoms with Crippen molar-refractivity contribution < 1.29 is 19.7 Å². The Bertz CT molecular complexity index is 1340. The van der Waals surface area contributed by atoms with Crippen molar-refractivity contribution in [1.29, 1.82) is 0 Å². The van der Waals surface area contributed by atoms with Crippen LogP contribution in [0.1, 0.15) is 11.1 Å². The maximum Gasteiger partial charge on any atom is 0.328 e. The first-order valence-electron chi connectivity index (χ1n) is 8.68. The van der Waals surface area contributed by atoms with E-state index in [2.05, 4.69) is 10.5 Å². The number of hydrogen-bond acceptors (Lipinski definition) is 10. The Morgan fingerprint density at radius 1 is 1.06 bits per heavy atom.